The molecule has 1 unspecified atom stereocenters. The first kappa shape index (κ1) is 23.9. The summed E-state index contributed by atoms with van der Waals surface area (Å²) in [5.41, 5.74) is 3.03. The highest BCUT2D eigenvalue weighted by atomic mass is 16.3. The summed E-state index contributed by atoms with van der Waals surface area (Å²) < 4.78 is 1.93. The number of carbonyl (C=O) groups excluding carboxylic acids is 1. The zero-order valence-corrected chi connectivity index (χ0v) is 20.3. The van der Waals surface area contributed by atoms with Crippen molar-refractivity contribution in [2.24, 2.45) is 5.92 Å². The van der Waals surface area contributed by atoms with Crippen LogP contribution in [0.4, 0.5) is 11.6 Å². The van der Waals surface area contributed by atoms with Gasteiger partial charge in [0.15, 0.2) is 0 Å². The highest BCUT2D eigenvalue weighted by Gasteiger charge is 2.27. The Kier molecular flexibility index (Phi) is 7.23. The minimum Gasteiger partial charge on any atom is -0.393 e. The van der Waals surface area contributed by atoms with Crippen molar-refractivity contribution in [2.45, 2.75) is 57.1 Å². The van der Waals surface area contributed by atoms with Crippen LogP contribution in [0, 0.1) is 17.2 Å². The molecule has 2 aliphatic rings. The Morgan fingerprint density at radius 3 is 2.61 bits per heavy atom. The Bertz CT molecular complexity index is 1220. The summed E-state index contributed by atoms with van der Waals surface area (Å²) in [7, 11) is 0. The van der Waals surface area contributed by atoms with E-state index in [1.165, 1.54) is 12.8 Å². The predicted molar refractivity (Wildman–Crippen MR) is 135 cm³/mol. The standard InChI is InChI=1S/C27H31N7O2/c28-13-9-25(19-3-1-2-4-19)34-18-21(17-30-34)24-10-14-29-27(32-24)31-22-7-5-20(6-8-22)26(36)33-15-11-23(35)12-16-33/h5-8,10,14,17-19,23,25,35H,1-4,9,11-12,15-16H2,(H,29,31,32). The third-order valence-corrected chi connectivity index (χ3v) is 7.28. The molecule has 1 saturated carbocycles. The van der Waals surface area contributed by atoms with E-state index in [0.717, 1.165) is 29.8 Å². The van der Waals surface area contributed by atoms with Crippen LogP contribution in [0.5, 0.6) is 0 Å². The van der Waals surface area contributed by atoms with E-state index in [0.29, 0.717) is 49.8 Å². The molecule has 9 nitrogen and oxygen atoms in total. The van der Waals surface area contributed by atoms with Gasteiger partial charge >= 0.3 is 0 Å². The number of hydrogen-bond acceptors (Lipinski definition) is 7. The number of nitrogens with one attached hydrogen (secondary N) is 1. The number of benzene rings is 1. The fourth-order valence-corrected chi connectivity index (χ4v) is 5.22. The highest BCUT2D eigenvalue weighted by molar-refractivity contribution is 5.94. The van der Waals surface area contributed by atoms with Gasteiger partial charge in [0.2, 0.25) is 5.95 Å². The molecular formula is C27H31N7O2. The summed E-state index contributed by atoms with van der Waals surface area (Å²) in [6, 6.07) is 11.5. The summed E-state index contributed by atoms with van der Waals surface area (Å²) in [6.45, 7) is 1.16. The SMILES string of the molecule is N#CCC(C1CCCC1)n1cc(-c2ccnc(Nc3ccc(C(=O)N4CCC(O)CC4)cc3)n2)cn1. The van der Waals surface area contributed by atoms with Gasteiger partial charge in [0, 0.05) is 42.3 Å². The number of likely N-dealkylation sites (tertiary alicyclic amines) is 1. The summed E-state index contributed by atoms with van der Waals surface area (Å²) in [5, 5.41) is 26.8. The molecule has 3 aromatic rings. The molecule has 5 rings (SSSR count). The highest BCUT2D eigenvalue weighted by Crippen LogP contribution is 2.36. The van der Waals surface area contributed by atoms with E-state index < -0.39 is 0 Å². The molecule has 1 aromatic carbocycles. The molecule has 9 heteroatoms. The number of aliphatic hydroxyl groups is 1. The largest absolute Gasteiger partial charge is 0.393 e. The van der Waals surface area contributed by atoms with Gasteiger partial charge in [-0.05, 0) is 61.9 Å². The Morgan fingerprint density at radius 2 is 1.89 bits per heavy atom. The Morgan fingerprint density at radius 1 is 1.14 bits per heavy atom. The molecular weight excluding hydrogens is 454 g/mol. The van der Waals surface area contributed by atoms with Crippen LogP contribution in [0.15, 0.2) is 48.9 Å². The summed E-state index contributed by atoms with van der Waals surface area (Å²) in [5.74, 6) is 0.932. The Labute approximate surface area is 210 Å². The zero-order valence-electron chi connectivity index (χ0n) is 20.3. The van der Waals surface area contributed by atoms with Crippen molar-refractivity contribution in [3.63, 3.8) is 0 Å². The van der Waals surface area contributed by atoms with Crippen LogP contribution in [0.25, 0.3) is 11.3 Å². The lowest BCUT2D eigenvalue weighted by Gasteiger charge is -2.29. The number of piperidine rings is 1. The second-order valence-electron chi connectivity index (χ2n) is 9.67. The molecule has 1 aliphatic carbocycles. The second-order valence-corrected chi connectivity index (χ2v) is 9.67. The number of carbonyl (C=O) groups is 1. The van der Waals surface area contributed by atoms with Crippen LogP contribution in [0.3, 0.4) is 0 Å². The van der Waals surface area contributed by atoms with Gasteiger partial charge in [-0.15, -0.1) is 0 Å². The maximum Gasteiger partial charge on any atom is 0.253 e. The number of aromatic nitrogens is 4. The lowest BCUT2D eigenvalue weighted by Crippen LogP contribution is -2.40. The van der Waals surface area contributed by atoms with Gasteiger partial charge in [0.1, 0.15) is 0 Å². The van der Waals surface area contributed by atoms with Gasteiger partial charge in [-0.25, -0.2) is 9.97 Å². The molecule has 186 valence electrons. The lowest BCUT2D eigenvalue weighted by atomic mass is 9.96. The minimum atomic E-state index is -0.308. The number of aliphatic hydroxyl groups excluding tert-OH is 1. The van der Waals surface area contributed by atoms with Crippen LogP contribution >= 0.6 is 0 Å². The van der Waals surface area contributed by atoms with E-state index in [1.807, 2.05) is 29.1 Å². The van der Waals surface area contributed by atoms with Crippen molar-refractivity contribution >= 4 is 17.5 Å². The van der Waals surface area contributed by atoms with E-state index in [1.54, 1.807) is 29.4 Å². The van der Waals surface area contributed by atoms with Crippen LogP contribution in [0.2, 0.25) is 0 Å². The number of hydrogen-bond donors (Lipinski definition) is 2. The van der Waals surface area contributed by atoms with Crippen LogP contribution in [-0.2, 0) is 0 Å². The quantitative estimate of drug-likeness (QED) is 0.511. The number of rotatable bonds is 7. The summed E-state index contributed by atoms with van der Waals surface area (Å²) >= 11 is 0. The average molecular weight is 486 g/mol. The maximum atomic E-state index is 12.7. The van der Waals surface area contributed by atoms with Gasteiger partial charge in [-0.2, -0.15) is 10.4 Å². The first-order chi connectivity index (χ1) is 17.6. The molecule has 1 aliphatic heterocycles. The molecule has 0 bridgehead atoms. The summed E-state index contributed by atoms with van der Waals surface area (Å²) in [6.07, 6.45) is 11.6. The van der Waals surface area contributed by atoms with Crippen molar-refractivity contribution in [1.82, 2.24) is 24.6 Å². The first-order valence-corrected chi connectivity index (χ1v) is 12.7. The minimum absolute atomic E-state index is 0.0176. The van der Waals surface area contributed by atoms with Crippen LogP contribution in [0.1, 0.15) is 61.3 Å². The smallest absolute Gasteiger partial charge is 0.253 e. The Balaban J connectivity index is 1.26. The van der Waals surface area contributed by atoms with E-state index in [4.69, 9.17) is 0 Å². The van der Waals surface area contributed by atoms with E-state index in [2.05, 4.69) is 26.5 Å². The second kappa shape index (κ2) is 10.9. The number of nitriles is 1. The molecule has 2 aromatic heterocycles. The van der Waals surface area contributed by atoms with Crippen molar-refractivity contribution in [1.29, 1.82) is 5.26 Å². The molecule has 1 saturated heterocycles. The fourth-order valence-electron chi connectivity index (χ4n) is 5.22. The van der Waals surface area contributed by atoms with Gasteiger partial charge < -0.3 is 15.3 Å². The van der Waals surface area contributed by atoms with Crippen molar-refractivity contribution in [3.8, 4) is 17.3 Å². The molecule has 3 heterocycles. The van der Waals surface area contributed by atoms with Crippen molar-refractivity contribution < 1.29 is 9.90 Å². The summed E-state index contributed by atoms with van der Waals surface area (Å²) in [4.78, 5) is 23.5. The lowest BCUT2D eigenvalue weighted by molar-refractivity contribution is 0.0546. The molecule has 2 fully saturated rings. The van der Waals surface area contributed by atoms with E-state index in [-0.39, 0.29) is 18.1 Å². The maximum absolute atomic E-state index is 12.7. The van der Waals surface area contributed by atoms with Gasteiger partial charge in [0.05, 0.1) is 36.5 Å². The zero-order chi connectivity index (χ0) is 24.9. The molecule has 1 atom stereocenters. The topological polar surface area (TPSA) is 120 Å². The molecule has 1 amide bonds. The normalized spacial score (nSPS) is 17.6. The van der Waals surface area contributed by atoms with Crippen molar-refractivity contribution in [2.75, 3.05) is 18.4 Å². The number of nitrogens with zero attached hydrogens (tertiary/aromatic N) is 6. The third-order valence-electron chi connectivity index (χ3n) is 7.28. The van der Waals surface area contributed by atoms with E-state index in [9.17, 15) is 15.2 Å². The predicted octanol–water partition coefficient (Wildman–Crippen LogP) is 4.33. The molecule has 0 radical (unpaired) electrons. The number of anilines is 2. The third kappa shape index (κ3) is 5.39. The molecule has 0 spiro atoms. The molecule has 36 heavy (non-hydrogen) atoms. The monoisotopic (exact) mass is 485 g/mol. The average Bonchev–Trinajstić information content (AvgIpc) is 3.61. The van der Waals surface area contributed by atoms with Crippen LogP contribution in [-0.4, -0.2) is 54.9 Å². The Hall–Kier alpha value is -3.77. The van der Waals surface area contributed by atoms with Gasteiger partial charge in [0.25, 0.3) is 5.91 Å². The van der Waals surface area contributed by atoms with Crippen LogP contribution < -0.4 is 5.32 Å². The van der Waals surface area contributed by atoms with Crippen molar-refractivity contribution in [3.05, 3.63) is 54.5 Å². The number of amides is 1. The molecule has 2 N–H and O–H groups in total. The first-order valence-electron chi connectivity index (χ1n) is 12.7. The van der Waals surface area contributed by atoms with Gasteiger partial charge in [-0.1, -0.05) is 12.8 Å². The van der Waals surface area contributed by atoms with Gasteiger partial charge in [-0.3, -0.25) is 9.48 Å². The fraction of sp³-hybridized carbons (Fsp3) is 0.444. The van der Waals surface area contributed by atoms with E-state index >= 15 is 0 Å².